The molecule has 1 fully saturated rings. The maximum absolute atomic E-state index is 5.43. The normalized spacial score (nSPS) is 22.6. The van der Waals surface area contributed by atoms with E-state index in [1.807, 2.05) is 12.1 Å². The molecular weight excluding hydrogens is 290 g/mol. The summed E-state index contributed by atoms with van der Waals surface area (Å²) in [7, 11) is 1.72. The molecule has 0 bridgehead atoms. The number of ether oxygens (including phenoxy) is 1. The van der Waals surface area contributed by atoms with Crippen molar-refractivity contribution in [1.29, 1.82) is 0 Å². The summed E-state index contributed by atoms with van der Waals surface area (Å²) in [4.78, 5) is 0. The minimum Gasteiger partial charge on any atom is -0.495 e. The third kappa shape index (κ3) is 3.00. The van der Waals surface area contributed by atoms with Crippen LogP contribution in [0.15, 0.2) is 22.7 Å². The van der Waals surface area contributed by atoms with Crippen LogP contribution in [0.3, 0.4) is 0 Å². The quantitative estimate of drug-likeness (QED) is 0.862. The van der Waals surface area contributed by atoms with Gasteiger partial charge in [-0.1, -0.05) is 42.6 Å². The molecule has 0 aliphatic heterocycles. The fourth-order valence-corrected chi connectivity index (χ4v) is 3.10. The molecule has 1 aromatic rings. The zero-order valence-corrected chi connectivity index (χ0v) is 13.0. The molecule has 2 nitrogen and oxygen atoms in total. The Morgan fingerprint density at radius 1 is 1.33 bits per heavy atom. The Hall–Kier alpha value is -0.700. The van der Waals surface area contributed by atoms with Gasteiger partial charge in [-0.25, -0.2) is 0 Å². The Morgan fingerprint density at radius 3 is 2.78 bits per heavy atom. The average Bonchev–Trinajstić information content (AvgIpc) is 2.32. The first-order valence-corrected chi connectivity index (χ1v) is 7.42. The minimum atomic E-state index is 0.353. The smallest absolute Gasteiger partial charge is 0.142 e. The lowest BCUT2D eigenvalue weighted by atomic mass is 9.73. The number of hydrogen-bond donors (Lipinski definition) is 1. The first-order chi connectivity index (χ1) is 8.53. The number of nitrogens with one attached hydrogen (secondary N) is 1. The number of rotatable bonds is 3. The summed E-state index contributed by atoms with van der Waals surface area (Å²) >= 11 is 3.52. The zero-order chi connectivity index (χ0) is 13.2. The molecular formula is C15H22BrNO. The molecule has 0 aromatic heterocycles. The van der Waals surface area contributed by atoms with Gasteiger partial charge in [-0.2, -0.15) is 0 Å². The van der Waals surface area contributed by atoms with Crippen LogP contribution in [0.2, 0.25) is 0 Å². The minimum absolute atomic E-state index is 0.353. The molecule has 0 amide bonds. The van der Waals surface area contributed by atoms with E-state index in [-0.39, 0.29) is 0 Å². The molecule has 100 valence electrons. The van der Waals surface area contributed by atoms with Crippen LogP contribution in [0, 0.1) is 5.41 Å². The third-order valence-electron chi connectivity index (χ3n) is 4.00. The standard InChI is InChI=1S/C15H22BrNO/c1-15(2)9-5-4-6-14(15)17-12-10-11(16)7-8-13(12)18-3/h7-8,10,14,17H,4-6,9H2,1-3H3. The molecule has 1 aliphatic carbocycles. The second-order valence-corrected chi connectivity index (χ2v) is 6.69. The van der Waals surface area contributed by atoms with Gasteiger partial charge in [0.25, 0.3) is 0 Å². The van der Waals surface area contributed by atoms with Gasteiger partial charge >= 0.3 is 0 Å². The lowest BCUT2D eigenvalue weighted by molar-refractivity contribution is 0.216. The van der Waals surface area contributed by atoms with E-state index in [1.54, 1.807) is 7.11 Å². The van der Waals surface area contributed by atoms with Crippen LogP contribution in [0.5, 0.6) is 5.75 Å². The van der Waals surface area contributed by atoms with Crippen LogP contribution in [-0.2, 0) is 0 Å². The summed E-state index contributed by atoms with van der Waals surface area (Å²) in [6, 6.07) is 6.64. The van der Waals surface area contributed by atoms with Gasteiger partial charge in [0, 0.05) is 10.5 Å². The van der Waals surface area contributed by atoms with Crippen molar-refractivity contribution in [3.05, 3.63) is 22.7 Å². The summed E-state index contributed by atoms with van der Waals surface area (Å²) in [5, 5.41) is 3.68. The van der Waals surface area contributed by atoms with E-state index in [4.69, 9.17) is 4.74 Å². The summed E-state index contributed by atoms with van der Waals surface area (Å²) in [6.45, 7) is 4.71. The predicted octanol–water partition coefficient (Wildman–Crippen LogP) is 4.84. The van der Waals surface area contributed by atoms with E-state index in [2.05, 4.69) is 41.2 Å². The monoisotopic (exact) mass is 311 g/mol. The fraction of sp³-hybridized carbons (Fsp3) is 0.600. The van der Waals surface area contributed by atoms with Crippen molar-refractivity contribution < 1.29 is 4.74 Å². The molecule has 1 aliphatic rings. The van der Waals surface area contributed by atoms with E-state index in [0.29, 0.717) is 11.5 Å². The van der Waals surface area contributed by atoms with Gasteiger partial charge in [0.2, 0.25) is 0 Å². The molecule has 0 heterocycles. The number of hydrogen-bond acceptors (Lipinski definition) is 2. The Bertz CT molecular complexity index is 417. The maximum atomic E-state index is 5.43. The van der Waals surface area contributed by atoms with Gasteiger partial charge in [-0.15, -0.1) is 0 Å². The van der Waals surface area contributed by atoms with Crippen molar-refractivity contribution in [3.63, 3.8) is 0 Å². The highest BCUT2D eigenvalue weighted by atomic mass is 79.9. The largest absolute Gasteiger partial charge is 0.495 e. The van der Waals surface area contributed by atoms with Crippen LogP contribution in [0.4, 0.5) is 5.69 Å². The number of halogens is 1. The van der Waals surface area contributed by atoms with Gasteiger partial charge in [0.1, 0.15) is 5.75 Å². The SMILES string of the molecule is COc1ccc(Br)cc1NC1CCCCC1(C)C. The van der Waals surface area contributed by atoms with Crippen molar-refractivity contribution in [2.75, 3.05) is 12.4 Å². The Kier molecular flexibility index (Phi) is 4.21. The van der Waals surface area contributed by atoms with Gasteiger partial charge < -0.3 is 10.1 Å². The van der Waals surface area contributed by atoms with Crippen LogP contribution < -0.4 is 10.1 Å². The molecule has 3 heteroatoms. The predicted molar refractivity (Wildman–Crippen MR) is 80.4 cm³/mol. The number of benzene rings is 1. The van der Waals surface area contributed by atoms with Crippen LogP contribution in [0.1, 0.15) is 39.5 Å². The van der Waals surface area contributed by atoms with E-state index in [1.165, 1.54) is 25.7 Å². The third-order valence-corrected chi connectivity index (χ3v) is 4.49. The average molecular weight is 312 g/mol. The van der Waals surface area contributed by atoms with Gasteiger partial charge in [0.15, 0.2) is 0 Å². The first-order valence-electron chi connectivity index (χ1n) is 6.63. The lowest BCUT2D eigenvalue weighted by Crippen LogP contribution is -2.39. The van der Waals surface area contributed by atoms with Gasteiger partial charge in [0.05, 0.1) is 12.8 Å². The van der Waals surface area contributed by atoms with E-state index in [0.717, 1.165) is 15.9 Å². The summed E-state index contributed by atoms with van der Waals surface area (Å²) in [5.74, 6) is 0.916. The van der Waals surface area contributed by atoms with Gasteiger partial charge in [-0.3, -0.25) is 0 Å². The molecule has 0 radical (unpaired) electrons. The topological polar surface area (TPSA) is 21.3 Å². The number of anilines is 1. The highest BCUT2D eigenvalue weighted by Gasteiger charge is 2.32. The highest BCUT2D eigenvalue weighted by Crippen LogP contribution is 2.39. The summed E-state index contributed by atoms with van der Waals surface area (Å²) in [5.41, 5.74) is 1.44. The Morgan fingerprint density at radius 2 is 2.11 bits per heavy atom. The Labute approximate surface area is 118 Å². The highest BCUT2D eigenvalue weighted by molar-refractivity contribution is 9.10. The summed E-state index contributed by atoms with van der Waals surface area (Å²) < 4.78 is 6.51. The second-order valence-electron chi connectivity index (χ2n) is 5.78. The van der Waals surface area contributed by atoms with Crippen molar-refractivity contribution in [2.24, 2.45) is 5.41 Å². The van der Waals surface area contributed by atoms with Crippen LogP contribution in [-0.4, -0.2) is 13.2 Å². The zero-order valence-electron chi connectivity index (χ0n) is 11.4. The van der Waals surface area contributed by atoms with E-state index in [9.17, 15) is 0 Å². The lowest BCUT2D eigenvalue weighted by Gasteiger charge is -2.39. The van der Waals surface area contributed by atoms with Crippen LogP contribution >= 0.6 is 15.9 Å². The number of methoxy groups -OCH3 is 1. The van der Waals surface area contributed by atoms with Crippen molar-refractivity contribution >= 4 is 21.6 Å². The Balaban J connectivity index is 2.19. The van der Waals surface area contributed by atoms with E-state index >= 15 is 0 Å². The molecule has 1 aromatic carbocycles. The summed E-state index contributed by atoms with van der Waals surface area (Å²) in [6.07, 6.45) is 5.20. The molecule has 1 saturated carbocycles. The van der Waals surface area contributed by atoms with Gasteiger partial charge in [-0.05, 0) is 36.5 Å². The molecule has 1 unspecified atom stereocenters. The van der Waals surface area contributed by atoms with Crippen LogP contribution in [0.25, 0.3) is 0 Å². The van der Waals surface area contributed by atoms with Crippen molar-refractivity contribution in [1.82, 2.24) is 0 Å². The maximum Gasteiger partial charge on any atom is 0.142 e. The molecule has 1 N–H and O–H groups in total. The fourth-order valence-electron chi connectivity index (χ4n) is 2.74. The first kappa shape index (κ1) is 13.7. The molecule has 0 spiro atoms. The molecule has 18 heavy (non-hydrogen) atoms. The molecule has 0 saturated heterocycles. The van der Waals surface area contributed by atoms with Crippen molar-refractivity contribution in [2.45, 2.75) is 45.6 Å². The molecule has 1 atom stereocenters. The van der Waals surface area contributed by atoms with E-state index < -0.39 is 0 Å². The molecule has 2 rings (SSSR count). The van der Waals surface area contributed by atoms with Crippen molar-refractivity contribution in [3.8, 4) is 5.75 Å². The second kappa shape index (κ2) is 5.52.